The molecule has 0 unspecified atom stereocenters. The van der Waals surface area contributed by atoms with Gasteiger partial charge in [0.15, 0.2) is 0 Å². The van der Waals surface area contributed by atoms with Gasteiger partial charge in [0.25, 0.3) is 0 Å². The number of anilines is 1. The number of hydrogen-bond donors (Lipinski definition) is 3. The van der Waals surface area contributed by atoms with Gasteiger partial charge in [-0.1, -0.05) is 17.7 Å². The molecule has 0 saturated heterocycles. The third kappa shape index (κ3) is 3.08. The van der Waals surface area contributed by atoms with Crippen LogP contribution in [0.15, 0.2) is 18.2 Å². The van der Waals surface area contributed by atoms with Crippen molar-refractivity contribution in [3.8, 4) is 0 Å². The molecule has 0 aliphatic heterocycles. The normalized spacial score (nSPS) is 11.1. The lowest BCUT2D eigenvalue weighted by Crippen LogP contribution is -2.14. The summed E-state index contributed by atoms with van der Waals surface area (Å²) in [5.74, 6) is -1.36. The van der Waals surface area contributed by atoms with Crippen molar-refractivity contribution < 1.29 is 22.9 Å². The van der Waals surface area contributed by atoms with Gasteiger partial charge < -0.3 is 5.11 Å². The molecule has 0 heterocycles. The van der Waals surface area contributed by atoms with Crippen molar-refractivity contribution in [3.05, 3.63) is 28.8 Å². The van der Waals surface area contributed by atoms with Crippen LogP contribution in [0.1, 0.15) is 10.4 Å². The molecule has 0 aliphatic carbocycles. The average molecular weight is 252 g/mol. The predicted octanol–water partition coefficient (Wildman–Crippen LogP) is 1.25. The Labute approximate surface area is 90.4 Å². The second-order valence-corrected chi connectivity index (χ2v) is 4.11. The summed E-state index contributed by atoms with van der Waals surface area (Å²) >= 11 is 5.58. The van der Waals surface area contributed by atoms with Gasteiger partial charge in [0, 0.05) is 0 Å². The lowest BCUT2D eigenvalue weighted by Gasteiger charge is -2.07. The first-order valence-electron chi connectivity index (χ1n) is 3.58. The highest BCUT2D eigenvalue weighted by molar-refractivity contribution is 7.87. The summed E-state index contributed by atoms with van der Waals surface area (Å²) in [5.41, 5.74) is -0.714. The molecular formula is C7H6ClNO5S. The van der Waals surface area contributed by atoms with Crippen molar-refractivity contribution in [1.82, 2.24) is 0 Å². The third-order valence-electron chi connectivity index (χ3n) is 1.48. The lowest BCUT2D eigenvalue weighted by atomic mass is 10.2. The summed E-state index contributed by atoms with van der Waals surface area (Å²) in [4.78, 5) is 10.7. The van der Waals surface area contributed by atoms with E-state index in [0.717, 1.165) is 6.07 Å². The van der Waals surface area contributed by atoms with Crippen LogP contribution in [0.2, 0.25) is 5.02 Å². The van der Waals surface area contributed by atoms with Crippen LogP contribution in [0.25, 0.3) is 0 Å². The number of hydrogen-bond acceptors (Lipinski definition) is 3. The van der Waals surface area contributed by atoms with Crippen LogP contribution in [0.4, 0.5) is 5.69 Å². The Morgan fingerprint density at radius 2 is 2.00 bits per heavy atom. The summed E-state index contributed by atoms with van der Waals surface area (Å²) in [5, 5.41) is 8.59. The van der Waals surface area contributed by atoms with Crippen molar-refractivity contribution in [2.45, 2.75) is 0 Å². The Kier molecular flexibility index (Phi) is 3.18. The molecule has 0 atom stereocenters. The molecule has 0 bridgehead atoms. The first-order chi connectivity index (χ1) is 6.81. The van der Waals surface area contributed by atoms with Crippen molar-refractivity contribution in [2.75, 3.05) is 4.72 Å². The smallest absolute Gasteiger partial charge is 0.357 e. The largest absolute Gasteiger partial charge is 0.478 e. The zero-order valence-electron chi connectivity index (χ0n) is 7.14. The maximum atomic E-state index is 10.7. The molecule has 0 aromatic heterocycles. The maximum absolute atomic E-state index is 10.7. The number of carboxylic acids is 1. The van der Waals surface area contributed by atoms with Gasteiger partial charge in [0.1, 0.15) is 0 Å². The van der Waals surface area contributed by atoms with E-state index in [4.69, 9.17) is 21.3 Å². The van der Waals surface area contributed by atoms with E-state index in [2.05, 4.69) is 0 Å². The van der Waals surface area contributed by atoms with Crippen LogP contribution < -0.4 is 4.72 Å². The van der Waals surface area contributed by atoms with Crippen LogP contribution in [-0.2, 0) is 10.3 Å². The van der Waals surface area contributed by atoms with E-state index in [1.54, 1.807) is 4.72 Å². The van der Waals surface area contributed by atoms with Gasteiger partial charge in [0.05, 0.1) is 16.3 Å². The fourth-order valence-corrected chi connectivity index (χ4v) is 1.69. The van der Waals surface area contributed by atoms with E-state index in [-0.39, 0.29) is 16.3 Å². The standard InChI is InChI=1S/C7H6ClNO5S/c8-5-3-1-2-4(7(10)11)6(5)9-15(12,13)14/h1-3,9H,(H,10,11)(H,12,13,14). The highest BCUT2D eigenvalue weighted by Gasteiger charge is 2.16. The number of carboxylic acid groups (broad SMARTS) is 1. The van der Waals surface area contributed by atoms with Crippen molar-refractivity contribution in [1.29, 1.82) is 0 Å². The van der Waals surface area contributed by atoms with E-state index >= 15 is 0 Å². The minimum absolute atomic E-state index is 0.118. The Morgan fingerprint density at radius 3 is 2.47 bits per heavy atom. The van der Waals surface area contributed by atoms with Crippen molar-refractivity contribution in [3.63, 3.8) is 0 Å². The number of halogens is 1. The molecule has 0 aliphatic rings. The molecule has 0 radical (unpaired) electrons. The van der Waals surface area contributed by atoms with E-state index in [9.17, 15) is 13.2 Å². The third-order valence-corrected chi connectivity index (χ3v) is 2.25. The first-order valence-corrected chi connectivity index (χ1v) is 5.40. The Hall–Kier alpha value is -1.31. The summed E-state index contributed by atoms with van der Waals surface area (Å²) in [6.45, 7) is 0. The number of rotatable bonds is 3. The molecule has 1 aromatic rings. The predicted molar refractivity (Wildman–Crippen MR) is 53.6 cm³/mol. The molecule has 0 spiro atoms. The topological polar surface area (TPSA) is 104 Å². The molecule has 8 heteroatoms. The van der Waals surface area contributed by atoms with E-state index in [1.165, 1.54) is 12.1 Å². The van der Waals surface area contributed by atoms with Gasteiger partial charge in [-0.25, -0.2) is 4.79 Å². The van der Waals surface area contributed by atoms with E-state index in [1.807, 2.05) is 0 Å². The molecular weight excluding hydrogens is 246 g/mol. The monoisotopic (exact) mass is 251 g/mol. The van der Waals surface area contributed by atoms with Gasteiger partial charge in [-0.3, -0.25) is 9.27 Å². The molecule has 1 aromatic carbocycles. The molecule has 0 saturated carbocycles. The second kappa shape index (κ2) is 4.05. The van der Waals surface area contributed by atoms with E-state index < -0.39 is 16.3 Å². The van der Waals surface area contributed by atoms with Gasteiger partial charge in [-0.05, 0) is 12.1 Å². The Morgan fingerprint density at radius 1 is 1.40 bits per heavy atom. The summed E-state index contributed by atoms with van der Waals surface area (Å²) in [6.07, 6.45) is 0. The number of aromatic carboxylic acids is 1. The minimum atomic E-state index is -4.55. The highest BCUT2D eigenvalue weighted by Crippen LogP contribution is 2.26. The molecule has 0 fully saturated rings. The maximum Gasteiger partial charge on any atom is 0.357 e. The zero-order valence-corrected chi connectivity index (χ0v) is 8.71. The lowest BCUT2D eigenvalue weighted by molar-refractivity contribution is 0.0698. The SMILES string of the molecule is O=C(O)c1cccc(Cl)c1NS(=O)(=O)O. The van der Waals surface area contributed by atoms with Gasteiger partial charge >= 0.3 is 16.3 Å². The number of nitrogens with one attached hydrogen (secondary N) is 1. The molecule has 6 nitrogen and oxygen atoms in total. The highest BCUT2D eigenvalue weighted by atomic mass is 35.5. The zero-order chi connectivity index (χ0) is 11.6. The quantitative estimate of drug-likeness (QED) is 0.702. The van der Waals surface area contributed by atoms with E-state index in [0.29, 0.717) is 0 Å². The van der Waals surface area contributed by atoms with Crippen LogP contribution in [0.3, 0.4) is 0 Å². The Bertz CT molecular complexity index is 498. The number of para-hydroxylation sites is 1. The van der Waals surface area contributed by atoms with Gasteiger partial charge in [-0.15, -0.1) is 0 Å². The van der Waals surface area contributed by atoms with Gasteiger partial charge in [-0.2, -0.15) is 8.42 Å². The van der Waals surface area contributed by atoms with Crippen molar-refractivity contribution in [2.24, 2.45) is 0 Å². The number of benzene rings is 1. The summed E-state index contributed by atoms with van der Waals surface area (Å²) < 4.78 is 31.2. The van der Waals surface area contributed by atoms with Crippen molar-refractivity contribution >= 4 is 33.6 Å². The molecule has 15 heavy (non-hydrogen) atoms. The molecule has 3 N–H and O–H groups in total. The fourth-order valence-electron chi connectivity index (χ4n) is 0.935. The van der Waals surface area contributed by atoms with Crippen LogP contribution >= 0.6 is 11.6 Å². The van der Waals surface area contributed by atoms with Crippen LogP contribution in [0.5, 0.6) is 0 Å². The van der Waals surface area contributed by atoms with Gasteiger partial charge in [0.2, 0.25) is 0 Å². The summed E-state index contributed by atoms with van der Waals surface area (Å²) in [6, 6.07) is 3.80. The second-order valence-electron chi connectivity index (χ2n) is 2.54. The first kappa shape index (κ1) is 11.8. The Balaban J connectivity index is 3.32. The van der Waals surface area contributed by atoms with Crippen LogP contribution in [0, 0.1) is 0 Å². The molecule has 1 rings (SSSR count). The van der Waals surface area contributed by atoms with Crippen LogP contribution in [-0.4, -0.2) is 24.0 Å². The molecule has 82 valence electrons. The average Bonchev–Trinajstić information content (AvgIpc) is 2.05. The number of carbonyl (C=O) groups is 1. The fraction of sp³-hybridized carbons (Fsp3) is 0. The molecule has 0 amide bonds. The minimum Gasteiger partial charge on any atom is -0.478 e. The summed E-state index contributed by atoms with van der Waals surface area (Å²) in [7, 11) is -4.55.